The van der Waals surface area contributed by atoms with Crippen molar-refractivity contribution < 1.29 is 29.1 Å². The summed E-state index contributed by atoms with van der Waals surface area (Å²) >= 11 is 0. The Balaban J connectivity index is 5.53. The molecule has 0 unspecified atom stereocenters. The molecule has 0 saturated carbocycles. The first-order chi connectivity index (χ1) is 17.2. The molecule has 9 N–H and O–H groups in total. The van der Waals surface area contributed by atoms with E-state index >= 15 is 0 Å². The number of unbranched alkanes of at least 4 members (excludes halogenated alkanes) is 1. The standard InChI is InChI=1S/C25H48N6O6/c1-8-15(6)20(25(36)37)31-22(33)17(11-9-10-12-26)29-24(35)19(14(4)5)30-21(32)16(7)28-23(34)18(27)13(2)3/h13-20H,8-12,26-27H2,1-7H3,(H,28,34)(H,29,35)(H,30,32)(H,31,33)(H,36,37)/t15-,16-,17-,18-,19-,20-/m0/s1. The number of amides is 4. The molecule has 4 amide bonds. The van der Waals surface area contributed by atoms with Crippen molar-refractivity contribution in [2.45, 2.75) is 104 Å². The maximum absolute atomic E-state index is 13.2. The molecule has 0 bridgehead atoms. The Morgan fingerprint density at radius 1 is 0.730 bits per heavy atom. The van der Waals surface area contributed by atoms with Crippen molar-refractivity contribution >= 4 is 29.6 Å². The molecule has 12 nitrogen and oxygen atoms in total. The van der Waals surface area contributed by atoms with Crippen molar-refractivity contribution in [2.75, 3.05) is 6.54 Å². The van der Waals surface area contributed by atoms with Gasteiger partial charge in [-0.05, 0) is 50.5 Å². The van der Waals surface area contributed by atoms with E-state index in [4.69, 9.17) is 11.5 Å². The zero-order valence-corrected chi connectivity index (χ0v) is 23.3. The van der Waals surface area contributed by atoms with Crippen LogP contribution in [0.15, 0.2) is 0 Å². The average molecular weight is 529 g/mol. The van der Waals surface area contributed by atoms with Crippen molar-refractivity contribution in [2.24, 2.45) is 29.2 Å². The highest BCUT2D eigenvalue weighted by molar-refractivity contribution is 5.95. The van der Waals surface area contributed by atoms with Crippen LogP contribution in [0.2, 0.25) is 0 Å². The van der Waals surface area contributed by atoms with E-state index in [-0.39, 0.29) is 24.2 Å². The number of hydrogen-bond acceptors (Lipinski definition) is 7. The van der Waals surface area contributed by atoms with Gasteiger partial charge in [0.15, 0.2) is 0 Å². The number of aliphatic carboxylic acids is 1. The third-order valence-corrected chi connectivity index (χ3v) is 6.38. The van der Waals surface area contributed by atoms with Gasteiger partial charge < -0.3 is 37.8 Å². The molecule has 0 saturated heterocycles. The fraction of sp³-hybridized carbons (Fsp3) is 0.800. The van der Waals surface area contributed by atoms with Gasteiger partial charge in [0.05, 0.1) is 6.04 Å². The van der Waals surface area contributed by atoms with Crippen LogP contribution < -0.4 is 32.7 Å². The van der Waals surface area contributed by atoms with Crippen molar-refractivity contribution in [1.29, 1.82) is 0 Å². The molecule has 0 aliphatic carbocycles. The van der Waals surface area contributed by atoms with E-state index in [9.17, 15) is 29.1 Å². The number of nitrogens with one attached hydrogen (secondary N) is 4. The lowest BCUT2D eigenvalue weighted by Gasteiger charge is -2.28. The van der Waals surface area contributed by atoms with Crippen LogP contribution in [0.25, 0.3) is 0 Å². The van der Waals surface area contributed by atoms with Crippen LogP contribution in [0.1, 0.15) is 74.1 Å². The predicted octanol–water partition coefficient (Wildman–Crippen LogP) is -0.155. The van der Waals surface area contributed by atoms with Crippen LogP contribution in [0, 0.1) is 17.8 Å². The molecule has 0 aliphatic rings. The Bertz CT molecular complexity index is 775. The molecule has 12 heteroatoms. The van der Waals surface area contributed by atoms with Gasteiger partial charge in [-0.1, -0.05) is 48.0 Å². The summed E-state index contributed by atoms with van der Waals surface area (Å²) in [7, 11) is 0. The van der Waals surface area contributed by atoms with Gasteiger partial charge in [0.25, 0.3) is 0 Å². The molecule has 37 heavy (non-hydrogen) atoms. The van der Waals surface area contributed by atoms with E-state index in [1.165, 1.54) is 6.92 Å². The lowest BCUT2D eigenvalue weighted by Crippen LogP contribution is -2.59. The first kappa shape index (κ1) is 34.3. The van der Waals surface area contributed by atoms with Crippen molar-refractivity contribution in [3.63, 3.8) is 0 Å². The number of nitrogens with two attached hydrogens (primary N) is 2. The quantitative estimate of drug-likeness (QED) is 0.126. The van der Waals surface area contributed by atoms with Gasteiger partial charge in [-0.25, -0.2) is 4.79 Å². The number of carbonyl (C=O) groups excluding carboxylic acids is 4. The topological polar surface area (TPSA) is 206 Å². The summed E-state index contributed by atoms with van der Waals surface area (Å²) in [4.78, 5) is 62.8. The highest BCUT2D eigenvalue weighted by atomic mass is 16.4. The van der Waals surface area contributed by atoms with Crippen LogP contribution in [0.5, 0.6) is 0 Å². The first-order valence-electron chi connectivity index (χ1n) is 13.1. The number of carboxylic acids is 1. The van der Waals surface area contributed by atoms with Gasteiger partial charge in [0, 0.05) is 0 Å². The first-order valence-corrected chi connectivity index (χ1v) is 13.1. The minimum Gasteiger partial charge on any atom is -0.480 e. The highest BCUT2D eigenvalue weighted by Crippen LogP contribution is 2.11. The summed E-state index contributed by atoms with van der Waals surface area (Å²) < 4.78 is 0. The lowest BCUT2D eigenvalue weighted by molar-refractivity contribution is -0.144. The van der Waals surface area contributed by atoms with E-state index < -0.39 is 59.8 Å². The molecule has 0 aliphatic heterocycles. The summed E-state index contributed by atoms with van der Waals surface area (Å²) in [6.07, 6.45) is 1.95. The molecular weight excluding hydrogens is 480 g/mol. The van der Waals surface area contributed by atoms with Crippen LogP contribution in [-0.4, -0.2) is 71.5 Å². The molecule has 214 valence electrons. The molecule has 0 radical (unpaired) electrons. The van der Waals surface area contributed by atoms with Crippen molar-refractivity contribution in [1.82, 2.24) is 21.3 Å². The zero-order chi connectivity index (χ0) is 28.9. The van der Waals surface area contributed by atoms with E-state index in [0.717, 1.165) is 0 Å². The van der Waals surface area contributed by atoms with E-state index in [0.29, 0.717) is 25.8 Å². The Morgan fingerprint density at radius 2 is 1.30 bits per heavy atom. The minimum atomic E-state index is -1.16. The Hall–Kier alpha value is -2.73. The number of rotatable bonds is 17. The largest absolute Gasteiger partial charge is 0.480 e. The van der Waals surface area contributed by atoms with Crippen LogP contribution in [0.3, 0.4) is 0 Å². The summed E-state index contributed by atoms with van der Waals surface area (Å²) in [6.45, 7) is 12.5. The van der Waals surface area contributed by atoms with Gasteiger partial charge in [0.1, 0.15) is 24.2 Å². The monoisotopic (exact) mass is 528 g/mol. The summed E-state index contributed by atoms with van der Waals surface area (Å²) in [5.41, 5.74) is 11.4. The molecule has 6 atom stereocenters. The van der Waals surface area contributed by atoms with Crippen LogP contribution in [-0.2, 0) is 24.0 Å². The van der Waals surface area contributed by atoms with Gasteiger partial charge in [0.2, 0.25) is 23.6 Å². The Labute approximate surface area is 220 Å². The Morgan fingerprint density at radius 3 is 1.76 bits per heavy atom. The van der Waals surface area contributed by atoms with Gasteiger partial charge in [-0.3, -0.25) is 19.2 Å². The molecule has 0 heterocycles. The van der Waals surface area contributed by atoms with Gasteiger partial charge >= 0.3 is 5.97 Å². The SMILES string of the molecule is CC[C@H](C)[C@H](NC(=O)[C@H](CCCCN)NC(=O)[C@@H](NC(=O)[C@H](C)NC(=O)[C@@H](N)C(C)C)C(C)C)C(=O)O. The second-order valence-corrected chi connectivity index (χ2v) is 10.3. The van der Waals surface area contributed by atoms with Crippen LogP contribution >= 0.6 is 0 Å². The van der Waals surface area contributed by atoms with E-state index in [1.54, 1.807) is 34.6 Å². The normalized spacial score (nSPS) is 16.2. The second-order valence-electron chi connectivity index (χ2n) is 10.3. The highest BCUT2D eigenvalue weighted by Gasteiger charge is 2.33. The number of hydrogen-bond donors (Lipinski definition) is 7. The fourth-order valence-corrected chi connectivity index (χ4v) is 3.45. The average Bonchev–Trinajstić information content (AvgIpc) is 2.82. The van der Waals surface area contributed by atoms with Crippen molar-refractivity contribution in [3.05, 3.63) is 0 Å². The fourth-order valence-electron chi connectivity index (χ4n) is 3.45. The number of carboxylic acid groups (broad SMARTS) is 1. The summed E-state index contributed by atoms with van der Waals surface area (Å²) in [5, 5.41) is 19.9. The van der Waals surface area contributed by atoms with Gasteiger partial charge in [-0.2, -0.15) is 0 Å². The molecule has 0 aromatic rings. The van der Waals surface area contributed by atoms with Gasteiger partial charge in [-0.15, -0.1) is 0 Å². The molecular formula is C25H48N6O6. The third-order valence-electron chi connectivity index (χ3n) is 6.38. The third kappa shape index (κ3) is 11.9. The maximum Gasteiger partial charge on any atom is 0.326 e. The predicted molar refractivity (Wildman–Crippen MR) is 141 cm³/mol. The molecule has 0 spiro atoms. The minimum absolute atomic E-state index is 0.118. The van der Waals surface area contributed by atoms with Crippen LogP contribution in [0.4, 0.5) is 0 Å². The second kappa shape index (κ2) is 16.9. The zero-order valence-electron chi connectivity index (χ0n) is 23.3. The molecule has 0 rings (SSSR count). The molecule has 0 fully saturated rings. The van der Waals surface area contributed by atoms with E-state index in [2.05, 4.69) is 21.3 Å². The Kier molecular flexibility index (Phi) is 15.7. The summed E-state index contributed by atoms with van der Waals surface area (Å²) in [6, 6.07) is -4.84. The summed E-state index contributed by atoms with van der Waals surface area (Å²) in [5.74, 6) is -4.20. The molecule has 0 aromatic carbocycles. The van der Waals surface area contributed by atoms with E-state index in [1.807, 2.05) is 6.92 Å². The van der Waals surface area contributed by atoms with Crippen molar-refractivity contribution in [3.8, 4) is 0 Å². The smallest absolute Gasteiger partial charge is 0.326 e. The number of carbonyl (C=O) groups is 5. The maximum atomic E-state index is 13.2. The molecule has 0 aromatic heterocycles. The lowest BCUT2D eigenvalue weighted by atomic mass is 9.98.